The predicted molar refractivity (Wildman–Crippen MR) is 126 cm³/mol. The van der Waals surface area contributed by atoms with E-state index in [0.29, 0.717) is 35.7 Å². The van der Waals surface area contributed by atoms with Crippen LogP contribution in [0, 0.1) is 0 Å². The van der Waals surface area contributed by atoms with Crippen LogP contribution in [0.15, 0.2) is 72.8 Å². The van der Waals surface area contributed by atoms with Crippen molar-refractivity contribution >= 4 is 11.8 Å². The Kier molecular flexibility index (Phi) is 6.90. The summed E-state index contributed by atoms with van der Waals surface area (Å²) < 4.78 is 11.0. The Labute approximate surface area is 193 Å². The van der Waals surface area contributed by atoms with Crippen LogP contribution in [0.4, 0.5) is 0 Å². The van der Waals surface area contributed by atoms with E-state index in [-0.39, 0.29) is 5.91 Å². The standard InChI is InChI=1S/C26H27N3O4/c1-32-22-8-2-19(3-9-22)18-28-14-16-29(17-15-28)26(31)21-6-12-24(13-7-21)33-23-10-4-20(5-11-23)25(27)30/h2-13H,14-18H2,1H3,(H2,27,30). The maximum Gasteiger partial charge on any atom is 0.253 e. The number of carbonyl (C=O) groups excluding carboxylic acids is 2. The van der Waals surface area contributed by atoms with Gasteiger partial charge in [0.25, 0.3) is 5.91 Å². The molecule has 1 saturated heterocycles. The highest BCUT2D eigenvalue weighted by atomic mass is 16.5. The highest BCUT2D eigenvalue weighted by molar-refractivity contribution is 5.94. The number of hydrogen-bond acceptors (Lipinski definition) is 5. The first-order chi connectivity index (χ1) is 16.0. The van der Waals surface area contributed by atoms with E-state index in [2.05, 4.69) is 17.0 Å². The molecule has 1 aliphatic heterocycles. The molecule has 3 aromatic carbocycles. The van der Waals surface area contributed by atoms with Crippen LogP contribution < -0.4 is 15.2 Å². The van der Waals surface area contributed by atoms with Crippen molar-refractivity contribution in [3.05, 3.63) is 89.5 Å². The van der Waals surface area contributed by atoms with E-state index < -0.39 is 5.91 Å². The monoisotopic (exact) mass is 445 g/mol. The van der Waals surface area contributed by atoms with Crippen molar-refractivity contribution in [1.29, 1.82) is 0 Å². The summed E-state index contributed by atoms with van der Waals surface area (Å²) in [6.45, 7) is 3.91. The molecule has 1 heterocycles. The molecule has 0 saturated carbocycles. The molecule has 7 heteroatoms. The largest absolute Gasteiger partial charge is 0.497 e. The number of nitrogens with zero attached hydrogens (tertiary/aromatic N) is 2. The number of piperazine rings is 1. The minimum Gasteiger partial charge on any atom is -0.497 e. The molecule has 0 bridgehead atoms. The zero-order valence-corrected chi connectivity index (χ0v) is 18.6. The molecule has 0 unspecified atom stereocenters. The van der Waals surface area contributed by atoms with Gasteiger partial charge in [-0.05, 0) is 66.2 Å². The number of benzene rings is 3. The summed E-state index contributed by atoms with van der Waals surface area (Å²) in [7, 11) is 1.66. The molecular formula is C26H27N3O4. The van der Waals surface area contributed by atoms with E-state index in [1.165, 1.54) is 5.56 Å². The fourth-order valence-electron chi connectivity index (χ4n) is 3.77. The van der Waals surface area contributed by atoms with Crippen LogP contribution in [0.2, 0.25) is 0 Å². The number of nitrogens with two attached hydrogens (primary N) is 1. The third kappa shape index (κ3) is 5.70. The van der Waals surface area contributed by atoms with Gasteiger partial charge in [-0.3, -0.25) is 14.5 Å². The normalized spacial score (nSPS) is 14.0. The van der Waals surface area contributed by atoms with E-state index in [4.69, 9.17) is 15.2 Å². The average molecular weight is 446 g/mol. The quantitative estimate of drug-likeness (QED) is 0.601. The van der Waals surface area contributed by atoms with Gasteiger partial charge >= 0.3 is 0 Å². The fourth-order valence-corrected chi connectivity index (χ4v) is 3.77. The molecule has 0 aromatic heterocycles. The molecule has 3 aromatic rings. The summed E-state index contributed by atoms with van der Waals surface area (Å²) in [6.07, 6.45) is 0. The second-order valence-electron chi connectivity index (χ2n) is 7.93. The number of primary amides is 1. The second kappa shape index (κ2) is 10.2. The summed E-state index contributed by atoms with van der Waals surface area (Å²) in [5, 5.41) is 0. The van der Waals surface area contributed by atoms with Crippen molar-refractivity contribution in [1.82, 2.24) is 9.80 Å². The molecule has 7 nitrogen and oxygen atoms in total. The topological polar surface area (TPSA) is 85.1 Å². The average Bonchev–Trinajstić information content (AvgIpc) is 2.85. The smallest absolute Gasteiger partial charge is 0.253 e. The zero-order chi connectivity index (χ0) is 23.2. The zero-order valence-electron chi connectivity index (χ0n) is 18.6. The Hall–Kier alpha value is -3.84. The van der Waals surface area contributed by atoms with Gasteiger partial charge in [-0.15, -0.1) is 0 Å². The van der Waals surface area contributed by atoms with Crippen LogP contribution in [0.25, 0.3) is 0 Å². The Bertz CT molecular complexity index is 1090. The number of amides is 2. The lowest BCUT2D eigenvalue weighted by molar-refractivity contribution is 0.0628. The van der Waals surface area contributed by atoms with Crippen molar-refractivity contribution in [3.63, 3.8) is 0 Å². The van der Waals surface area contributed by atoms with Crippen LogP contribution in [0.1, 0.15) is 26.3 Å². The summed E-state index contributed by atoms with van der Waals surface area (Å²) in [5.74, 6) is 1.60. The first kappa shape index (κ1) is 22.4. The van der Waals surface area contributed by atoms with Crippen molar-refractivity contribution < 1.29 is 19.1 Å². The van der Waals surface area contributed by atoms with Gasteiger partial charge in [0.1, 0.15) is 17.2 Å². The lowest BCUT2D eigenvalue weighted by atomic mass is 10.1. The van der Waals surface area contributed by atoms with Gasteiger partial charge in [0.15, 0.2) is 0 Å². The molecule has 2 amide bonds. The maximum atomic E-state index is 12.9. The summed E-state index contributed by atoms with van der Waals surface area (Å²) in [4.78, 5) is 28.3. The van der Waals surface area contributed by atoms with Crippen molar-refractivity contribution in [3.8, 4) is 17.2 Å². The summed E-state index contributed by atoms with van der Waals surface area (Å²) in [6, 6.07) is 21.8. The van der Waals surface area contributed by atoms with Gasteiger partial charge in [0, 0.05) is 43.9 Å². The molecule has 4 rings (SSSR count). The Morgan fingerprint density at radius 2 is 1.27 bits per heavy atom. The molecule has 1 aliphatic rings. The summed E-state index contributed by atoms with van der Waals surface area (Å²) >= 11 is 0. The molecule has 0 radical (unpaired) electrons. The fraction of sp³-hybridized carbons (Fsp3) is 0.231. The minimum atomic E-state index is -0.481. The number of carbonyl (C=O) groups is 2. The first-order valence-corrected chi connectivity index (χ1v) is 10.8. The SMILES string of the molecule is COc1ccc(CN2CCN(C(=O)c3ccc(Oc4ccc(C(N)=O)cc4)cc3)CC2)cc1. The van der Waals surface area contributed by atoms with Gasteiger partial charge < -0.3 is 20.1 Å². The number of rotatable bonds is 7. The minimum absolute atomic E-state index is 0.0245. The third-order valence-corrected chi connectivity index (χ3v) is 5.70. The molecule has 0 aliphatic carbocycles. The molecule has 0 atom stereocenters. The Morgan fingerprint density at radius 1 is 0.758 bits per heavy atom. The van der Waals surface area contributed by atoms with E-state index in [9.17, 15) is 9.59 Å². The Balaban J connectivity index is 1.29. The van der Waals surface area contributed by atoms with Crippen LogP contribution in [0.5, 0.6) is 17.2 Å². The number of ether oxygens (including phenoxy) is 2. The van der Waals surface area contributed by atoms with E-state index in [1.54, 1.807) is 55.6 Å². The van der Waals surface area contributed by atoms with Crippen molar-refractivity contribution in [2.45, 2.75) is 6.54 Å². The summed E-state index contributed by atoms with van der Waals surface area (Å²) in [5.41, 5.74) is 7.54. The highest BCUT2D eigenvalue weighted by Gasteiger charge is 2.22. The maximum absolute atomic E-state index is 12.9. The van der Waals surface area contributed by atoms with E-state index in [0.717, 1.165) is 25.4 Å². The van der Waals surface area contributed by atoms with Crippen LogP contribution in [-0.4, -0.2) is 54.9 Å². The van der Waals surface area contributed by atoms with Crippen molar-refractivity contribution in [2.24, 2.45) is 5.73 Å². The molecule has 33 heavy (non-hydrogen) atoms. The van der Waals surface area contributed by atoms with Gasteiger partial charge in [-0.2, -0.15) is 0 Å². The lowest BCUT2D eigenvalue weighted by Crippen LogP contribution is -2.48. The predicted octanol–water partition coefficient (Wildman–Crippen LogP) is 3.54. The molecule has 2 N–H and O–H groups in total. The van der Waals surface area contributed by atoms with Crippen molar-refractivity contribution in [2.75, 3.05) is 33.3 Å². The second-order valence-corrected chi connectivity index (χ2v) is 7.93. The number of hydrogen-bond donors (Lipinski definition) is 1. The van der Waals surface area contributed by atoms with Gasteiger partial charge in [0.2, 0.25) is 5.91 Å². The highest BCUT2D eigenvalue weighted by Crippen LogP contribution is 2.23. The van der Waals surface area contributed by atoms with E-state index >= 15 is 0 Å². The third-order valence-electron chi connectivity index (χ3n) is 5.70. The van der Waals surface area contributed by atoms with Crippen LogP contribution in [0.3, 0.4) is 0 Å². The molecular weight excluding hydrogens is 418 g/mol. The Morgan fingerprint density at radius 3 is 1.79 bits per heavy atom. The van der Waals surface area contributed by atoms with Gasteiger partial charge in [-0.1, -0.05) is 12.1 Å². The molecule has 0 spiro atoms. The first-order valence-electron chi connectivity index (χ1n) is 10.8. The van der Waals surface area contributed by atoms with Crippen LogP contribution >= 0.6 is 0 Å². The van der Waals surface area contributed by atoms with E-state index in [1.807, 2.05) is 17.0 Å². The van der Waals surface area contributed by atoms with Crippen LogP contribution in [-0.2, 0) is 6.54 Å². The molecule has 170 valence electrons. The lowest BCUT2D eigenvalue weighted by Gasteiger charge is -2.34. The number of methoxy groups -OCH3 is 1. The molecule has 1 fully saturated rings. The van der Waals surface area contributed by atoms with Gasteiger partial charge in [0.05, 0.1) is 7.11 Å². The van der Waals surface area contributed by atoms with Gasteiger partial charge in [-0.25, -0.2) is 0 Å².